The summed E-state index contributed by atoms with van der Waals surface area (Å²) in [6.07, 6.45) is 7.29. The predicted molar refractivity (Wildman–Crippen MR) is 124 cm³/mol. The Morgan fingerprint density at radius 2 is 1.93 bits per heavy atom. The van der Waals surface area contributed by atoms with E-state index in [-0.39, 0.29) is 23.5 Å². The van der Waals surface area contributed by atoms with Crippen LogP contribution >= 0.6 is 0 Å². The topological polar surface area (TPSA) is 52.5 Å². The van der Waals surface area contributed by atoms with Crippen LogP contribution in [0.2, 0.25) is 0 Å². The number of aryl methyl sites for hydroxylation is 1. The van der Waals surface area contributed by atoms with Crippen molar-refractivity contribution in [2.75, 3.05) is 18.5 Å². The summed E-state index contributed by atoms with van der Waals surface area (Å²) in [5, 5.41) is 24.7. The summed E-state index contributed by atoms with van der Waals surface area (Å²) in [5.41, 5.74) is 4.20. The molecule has 0 heterocycles. The van der Waals surface area contributed by atoms with Gasteiger partial charge in [0.25, 0.3) is 0 Å². The van der Waals surface area contributed by atoms with Gasteiger partial charge in [0, 0.05) is 18.8 Å². The Labute approximate surface area is 183 Å². The Morgan fingerprint density at radius 1 is 1.13 bits per heavy atom. The Bertz CT molecular complexity index is 776. The van der Waals surface area contributed by atoms with Crippen LogP contribution in [-0.4, -0.2) is 29.5 Å². The van der Waals surface area contributed by atoms with Crippen LogP contribution in [0.5, 0.6) is 0 Å². The van der Waals surface area contributed by atoms with E-state index in [0.717, 1.165) is 32.2 Å². The molecule has 166 valence electrons. The first-order chi connectivity index (χ1) is 14.3. The van der Waals surface area contributed by atoms with Crippen molar-refractivity contribution in [3.8, 4) is 0 Å². The maximum absolute atomic E-state index is 10.5. The standard InChI is InChI=1S/C27H41NO2/c1-18-6-5-7-21(14-18)28-16-20-15-22(30)10-12-27(20,4)25-11-13-26(3)19(2)8-9-24(26)23(25)17-29/h5-7,14,20,22-25,28-30H,2,8-13,15-17H2,1,3-4H3/t20-,22+,23-,24?,25?,26+,27+/m1/s1. The van der Waals surface area contributed by atoms with Gasteiger partial charge in [-0.05, 0) is 104 Å². The second-order valence-electron chi connectivity index (χ2n) is 11.0. The molecule has 7 atom stereocenters. The van der Waals surface area contributed by atoms with Gasteiger partial charge in [0.05, 0.1) is 6.10 Å². The van der Waals surface area contributed by atoms with Crippen molar-refractivity contribution in [2.45, 2.75) is 71.8 Å². The summed E-state index contributed by atoms with van der Waals surface area (Å²) >= 11 is 0. The van der Waals surface area contributed by atoms with E-state index in [1.165, 1.54) is 36.1 Å². The fraction of sp³-hybridized carbons (Fsp3) is 0.704. The minimum absolute atomic E-state index is 0.148. The molecule has 0 aromatic heterocycles. The number of allylic oxidation sites excluding steroid dienone is 1. The normalized spacial score (nSPS) is 41.5. The molecule has 30 heavy (non-hydrogen) atoms. The van der Waals surface area contributed by atoms with Crippen molar-refractivity contribution in [1.29, 1.82) is 0 Å². The number of hydrogen-bond donors (Lipinski definition) is 3. The van der Waals surface area contributed by atoms with Crippen molar-refractivity contribution in [3.05, 3.63) is 42.0 Å². The van der Waals surface area contributed by atoms with E-state index in [1.807, 2.05) is 0 Å². The van der Waals surface area contributed by atoms with Crippen LogP contribution in [0.3, 0.4) is 0 Å². The van der Waals surface area contributed by atoms with Crippen LogP contribution in [0.1, 0.15) is 64.4 Å². The van der Waals surface area contributed by atoms with E-state index in [1.54, 1.807) is 0 Å². The third-order valence-corrected chi connectivity index (χ3v) is 9.53. The van der Waals surface area contributed by atoms with Gasteiger partial charge in [0.2, 0.25) is 0 Å². The Balaban J connectivity index is 1.57. The molecule has 2 unspecified atom stereocenters. The van der Waals surface area contributed by atoms with Gasteiger partial charge in [-0.25, -0.2) is 0 Å². The Hall–Kier alpha value is -1.32. The highest BCUT2D eigenvalue weighted by Gasteiger charge is 2.56. The molecule has 3 aliphatic carbocycles. The number of anilines is 1. The molecule has 0 radical (unpaired) electrons. The van der Waals surface area contributed by atoms with Crippen LogP contribution in [0.25, 0.3) is 0 Å². The zero-order chi connectivity index (χ0) is 21.5. The number of benzene rings is 1. The van der Waals surface area contributed by atoms with Crippen LogP contribution in [0, 0.1) is 41.4 Å². The molecule has 3 aliphatic rings. The molecular weight excluding hydrogens is 370 g/mol. The number of rotatable bonds is 5. The van der Waals surface area contributed by atoms with Crippen molar-refractivity contribution in [2.24, 2.45) is 34.5 Å². The summed E-state index contributed by atoms with van der Waals surface area (Å²) in [5.74, 6) is 1.84. The number of hydrogen-bond acceptors (Lipinski definition) is 3. The number of aliphatic hydroxyl groups is 2. The van der Waals surface area contributed by atoms with Gasteiger partial charge in [-0.15, -0.1) is 0 Å². The summed E-state index contributed by atoms with van der Waals surface area (Å²) < 4.78 is 0. The lowest BCUT2D eigenvalue weighted by atomic mass is 9.49. The van der Waals surface area contributed by atoms with Crippen LogP contribution in [0.15, 0.2) is 36.4 Å². The molecule has 4 rings (SSSR count). The molecule has 3 heteroatoms. The van der Waals surface area contributed by atoms with E-state index >= 15 is 0 Å². The highest BCUT2D eigenvalue weighted by Crippen LogP contribution is 2.63. The second-order valence-corrected chi connectivity index (χ2v) is 11.0. The van der Waals surface area contributed by atoms with Gasteiger partial charge in [0.1, 0.15) is 0 Å². The molecule has 0 bridgehead atoms. The predicted octanol–water partition coefficient (Wildman–Crippen LogP) is 5.57. The van der Waals surface area contributed by atoms with Crippen LogP contribution < -0.4 is 5.32 Å². The third kappa shape index (κ3) is 3.73. The smallest absolute Gasteiger partial charge is 0.0544 e. The summed E-state index contributed by atoms with van der Waals surface area (Å²) in [6, 6.07) is 8.56. The summed E-state index contributed by atoms with van der Waals surface area (Å²) in [6.45, 7) is 12.6. The van der Waals surface area contributed by atoms with Gasteiger partial charge in [0.15, 0.2) is 0 Å². The molecule has 0 saturated heterocycles. The van der Waals surface area contributed by atoms with Gasteiger partial charge in [-0.1, -0.05) is 38.1 Å². The highest BCUT2D eigenvalue weighted by atomic mass is 16.3. The minimum Gasteiger partial charge on any atom is -0.396 e. The lowest BCUT2D eigenvalue weighted by Gasteiger charge is -2.56. The van der Waals surface area contributed by atoms with Crippen molar-refractivity contribution < 1.29 is 10.2 Å². The zero-order valence-electron chi connectivity index (χ0n) is 19.2. The average molecular weight is 412 g/mol. The largest absolute Gasteiger partial charge is 0.396 e. The van der Waals surface area contributed by atoms with E-state index in [0.29, 0.717) is 23.7 Å². The molecule has 3 nitrogen and oxygen atoms in total. The average Bonchev–Trinajstić information content (AvgIpc) is 3.03. The van der Waals surface area contributed by atoms with Gasteiger partial charge >= 0.3 is 0 Å². The van der Waals surface area contributed by atoms with E-state index < -0.39 is 0 Å². The second kappa shape index (κ2) is 8.31. The molecule has 3 fully saturated rings. The summed E-state index contributed by atoms with van der Waals surface area (Å²) in [4.78, 5) is 0. The minimum atomic E-state index is -0.199. The SMILES string of the molecule is C=C1CCC2[C@@H](CO)C([C@@]3(C)CC[C@H](O)C[C@@H]3CNc3cccc(C)c3)CC[C@@]12C. The molecule has 3 saturated carbocycles. The monoisotopic (exact) mass is 411 g/mol. The highest BCUT2D eigenvalue weighted by molar-refractivity contribution is 5.45. The molecule has 0 spiro atoms. The zero-order valence-corrected chi connectivity index (χ0v) is 19.2. The van der Waals surface area contributed by atoms with E-state index in [2.05, 4.69) is 56.9 Å². The molecule has 0 amide bonds. The molecule has 1 aromatic carbocycles. The van der Waals surface area contributed by atoms with Gasteiger partial charge < -0.3 is 15.5 Å². The quantitative estimate of drug-likeness (QED) is 0.556. The summed E-state index contributed by atoms with van der Waals surface area (Å²) in [7, 11) is 0. The third-order valence-electron chi connectivity index (χ3n) is 9.53. The van der Waals surface area contributed by atoms with E-state index in [4.69, 9.17) is 0 Å². The molecule has 3 N–H and O–H groups in total. The Morgan fingerprint density at radius 3 is 2.67 bits per heavy atom. The maximum atomic E-state index is 10.5. The van der Waals surface area contributed by atoms with Crippen molar-refractivity contribution in [3.63, 3.8) is 0 Å². The fourth-order valence-corrected chi connectivity index (χ4v) is 7.47. The molecule has 0 aliphatic heterocycles. The first-order valence-corrected chi connectivity index (χ1v) is 12.1. The number of nitrogens with one attached hydrogen (secondary N) is 1. The van der Waals surface area contributed by atoms with Crippen molar-refractivity contribution in [1.82, 2.24) is 0 Å². The lowest BCUT2D eigenvalue weighted by molar-refractivity contribution is -0.0904. The van der Waals surface area contributed by atoms with Crippen molar-refractivity contribution >= 4 is 5.69 Å². The molecular formula is C27H41NO2. The van der Waals surface area contributed by atoms with Gasteiger partial charge in [-0.2, -0.15) is 0 Å². The lowest BCUT2D eigenvalue weighted by Crippen LogP contribution is -2.52. The fourth-order valence-electron chi connectivity index (χ4n) is 7.47. The first kappa shape index (κ1) is 21.9. The number of fused-ring (bicyclic) bond motifs is 1. The van der Waals surface area contributed by atoms with Crippen LogP contribution in [0.4, 0.5) is 5.69 Å². The number of aliphatic hydroxyl groups excluding tert-OH is 2. The van der Waals surface area contributed by atoms with Gasteiger partial charge in [-0.3, -0.25) is 0 Å². The van der Waals surface area contributed by atoms with E-state index in [9.17, 15) is 10.2 Å². The Kier molecular flexibility index (Phi) is 6.07. The first-order valence-electron chi connectivity index (χ1n) is 12.1. The van der Waals surface area contributed by atoms with Crippen LogP contribution in [-0.2, 0) is 0 Å². The maximum Gasteiger partial charge on any atom is 0.0544 e. The molecule has 1 aromatic rings.